The number of urea groups is 1. The molecule has 1 aromatic heterocycles. The first-order valence-electron chi connectivity index (χ1n) is 11.0. The summed E-state index contributed by atoms with van der Waals surface area (Å²) in [6.07, 6.45) is -1.35. The molecule has 9 nitrogen and oxygen atoms in total. The van der Waals surface area contributed by atoms with Crippen LogP contribution in [0.3, 0.4) is 0 Å². The molecule has 0 bridgehead atoms. The number of nitrogens with zero attached hydrogens (tertiary/aromatic N) is 2. The van der Waals surface area contributed by atoms with E-state index in [1.165, 1.54) is 17.9 Å². The number of halogens is 2. The summed E-state index contributed by atoms with van der Waals surface area (Å²) in [6.45, 7) is 1.85. The molecule has 0 spiro atoms. The Balaban J connectivity index is 2.03. The summed E-state index contributed by atoms with van der Waals surface area (Å²) in [6, 6.07) is 12.2. The van der Waals surface area contributed by atoms with Gasteiger partial charge in [-0.1, -0.05) is 25.1 Å². The van der Waals surface area contributed by atoms with Gasteiger partial charge in [0.05, 0.1) is 0 Å². The first-order chi connectivity index (χ1) is 17.1. The first-order valence-corrected chi connectivity index (χ1v) is 11.0. The highest BCUT2D eigenvalue weighted by Gasteiger charge is 2.22. The van der Waals surface area contributed by atoms with Crippen molar-refractivity contribution >= 4 is 17.7 Å². The zero-order valence-corrected chi connectivity index (χ0v) is 19.9. The maximum atomic E-state index is 14.5. The quantitative estimate of drug-likeness (QED) is 0.391. The molecule has 1 heterocycles. The molecule has 0 saturated heterocycles. The molecule has 36 heavy (non-hydrogen) atoms. The fraction of sp³-hybridized carbons (Fsp3) is 0.240. The Morgan fingerprint density at radius 1 is 1.08 bits per heavy atom. The second kappa shape index (κ2) is 11.5. The Morgan fingerprint density at radius 2 is 1.81 bits per heavy atom. The molecule has 2 amide bonds. The second-order valence-electron chi connectivity index (χ2n) is 7.99. The Kier molecular flexibility index (Phi) is 8.38. The number of carboxylic acids is 1. The largest absolute Gasteiger partial charge is 0.479 e. The maximum Gasteiger partial charge on any atom is 0.344 e. The molecule has 0 fully saturated rings. The number of hydrogen-bond donors (Lipinski definition) is 3. The number of pyridine rings is 1. The third-order valence-electron chi connectivity index (χ3n) is 5.04. The molecule has 2 aromatic carbocycles. The molecular formula is C25H26F2N4O5. The van der Waals surface area contributed by atoms with Gasteiger partial charge in [-0.3, -0.25) is 0 Å². The standard InChI is InChI=1S/C25H26F2N4O5/c1-4-21(24(32)33)36-23-20(27)12-19(26)22(30-23)35-18-10-16(15-7-5-6-14(8-15)13-28)9-17(11-18)29-25(34)31(2)3/h5-12,21H,4,13,28H2,1-3H3,(H,29,34)(H,32,33). The summed E-state index contributed by atoms with van der Waals surface area (Å²) in [5.41, 5.74) is 8.34. The van der Waals surface area contributed by atoms with Crippen molar-refractivity contribution < 1.29 is 33.0 Å². The molecule has 0 radical (unpaired) electrons. The number of aliphatic carboxylic acids is 1. The van der Waals surface area contributed by atoms with Crippen molar-refractivity contribution in [3.8, 4) is 28.6 Å². The van der Waals surface area contributed by atoms with Crippen molar-refractivity contribution in [1.82, 2.24) is 9.88 Å². The molecule has 4 N–H and O–H groups in total. The summed E-state index contributed by atoms with van der Waals surface area (Å²) in [5, 5.41) is 11.9. The summed E-state index contributed by atoms with van der Waals surface area (Å²) >= 11 is 0. The Labute approximate surface area is 206 Å². The molecule has 11 heteroatoms. The summed E-state index contributed by atoms with van der Waals surface area (Å²) in [7, 11) is 3.14. The fourth-order valence-electron chi connectivity index (χ4n) is 3.15. The lowest BCUT2D eigenvalue weighted by atomic mass is 10.0. The number of amides is 2. The van der Waals surface area contributed by atoms with Crippen LogP contribution in [0, 0.1) is 11.6 Å². The Bertz CT molecular complexity index is 1270. The van der Waals surface area contributed by atoms with E-state index in [1.807, 2.05) is 24.3 Å². The van der Waals surface area contributed by atoms with Gasteiger partial charge in [-0.2, -0.15) is 4.98 Å². The van der Waals surface area contributed by atoms with Gasteiger partial charge in [-0.25, -0.2) is 18.4 Å². The van der Waals surface area contributed by atoms with E-state index >= 15 is 0 Å². The number of carbonyl (C=O) groups is 2. The zero-order chi connectivity index (χ0) is 26.4. The Morgan fingerprint density at radius 3 is 2.44 bits per heavy atom. The van der Waals surface area contributed by atoms with Gasteiger partial charge >= 0.3 is 12.0 Å². The van der Waals surface area contributed by atoms with Gasteiger partial charge in [0.25, 0.3) is 11.8 Å². The predicted octanol–water partition coefficient (Wildman–Crippen LogP) is 4.61. The minimum atomic E-state index is -1.38. The SMILES string of the molecule is CCC(Oc1nc(Oc2cc(NC(=O)N(C)C)cc(-c3cccc(CN)c3)c2)c(F)cc1F)C(=O)O. The number of nitrogens with one attached hydrogen (secondary N) is 1. The van der Waals surface area contributed by atoms with E-state index in [-0.39, 0.29) is 12.2 Å². The minimum absolute atomic E-state index is 0.0306. The monoisotopic (exact) mass is 500 g/mol. The number of aromatic nitrogens is 1. The van der Waals surface area contributed by atoms with Crippen molar-refractivity contribution in [2.24, 2.45) is 5.73 Å². The van der Waals surface area contributed by atoms with Crippen LogP contribution in [-0.2, 0) is 11.3 Å². The first kappa shape index (κ1) is 26.4. The van der Waals surface area contributed by atoms with Crippen LogP contribution in [0.4, 0.5) is 19.3 Å². The van der Waals surface area contributed by atoms with Crippen molar-refractivity contribution in [3.63, 3.8) is 0 Å². The number of ether oxygens (including phenoxy) is 2. The smallest absolute Gasteiger partial charge is 0.344 e. The van der Waals surface area contributed by atoms with Crippen molar-refractivity contribution in [1.29, 1.82) is 0 Å². The molecule has 0 aliphatic carbocycles. The average Bonchev–Trinajstić information content (AvgIpc) is 2.84. The van der Waals surface area contributed by atoms with Crippen molar-refractivity contribution in [2.45, 2.75) is 26.0 Å². The lowest BCUT2D eigenvalue weighted by Gasteiger charge is -2.16. The molecule has 1 atom stereocenters. The van der Waals surface area contributed by atoms with Crippen LogP contribution in [0.25, 0.3) is 11.1 Å². The summed E-state index contributed by atoms with van der Waals surface area (Å²) in [5.74, 6) is -4.89. The van der Waals surface area contributed by atoms with E-state index in [0.717, 1.165) is 11.1 Å². The zero-order valence-electron chi connectivity index (χ0n) is 19.9. The molecule has 3 aromatic rings. The van der Waals surface area contributed by atoms with E-state index in [0.29, 0.717) is 23.9 Å². The highest BCUT2D eigenvalue weighted by molar-refractivity contribution is 5.90. The predicted molar refractivity (Wildman–Crippen MR) is 129 cm³/mol. The highest BCUT2D eigenvalue weighted by Crippen LogP contribution is 2.33. The third kappa shape index (κ3) is 6.45. The second-order valence-corrected chi connectivity index (χ2v) is 7.99. The van der Waals surface area contributed by atoms with E-state index in [4.69, 9.17) is 15.2 Å². The van der Waals surface area contributed by atoms with Crippen molar-refractivity contribution in [2.75, 3.05) is 19.4 Å². The van der Waals surface area contributed by atoms with Crippen LogP contribution in [0.5, 0.6) is 17.5 Å². The molecule has 0 aliphatic heterocycles. The van der Waals surface area contributed by atoms with Gasteiger partial charge in [-0.15, -0.1) is 0 Å². The van der Waals surface area contributed by atoms with Gasteiger partial charge in [-0.05, 0) is 41.3 Å². The third-order valence-corrected chi connectivity index (χ3v) is 5.04. The molecule has 0 aliphatic rings. The average molecular weight is 501 g/mol. The lowest BCUT2D eigenvalue weighted by Crippen LogP contribution is -2.27. The van der Waals surface area contributed by atoms with Crippen LogP contribution < -0.4 is 20.5 Å². The molecule has 1 unspecified atom stereocenters. The number of benzene rings is 2. The van der Waals surface area contributed by atoms with Crippen LogP contribution in [-0.4, -0.2) is 47.2 Å². The highest BCUT2D eigenvalue weighted by atomic mass is 19.1. The van der Waals surface area contributed by atoms with Gasteiger partial charge in [0.2, 0.25) is 0 Å². The topological polar surface area (TPSA) is 127 Å². The van der Waals surface area contributed by atoms with E-state index < -0.39 is 41.5 Å². The number of anilines is 1. The van der Waals surface area contributed by atoms with E-state index in [2.05, 4.69) is 10.3 Å². The van der Waals surface area contributed by atoms with Gasteiger partial charge in [0, 0.05) is 38.5 Å². The van der Waals surface area contributed by atoms with Crippen molar-refractivity contribution in [3.05, 3.63) is 65.7 Å². The van der Waals surface area contributed by atoms with Crippen LogP contribution >= 0.6 is 0 Å². The van der Waals surface area contributed by atoms with E-state index in [1.54, 1.807) is 26.2 Å². The number of nitrogens with two attached hydrogens (primary N) is 1. The Hall–Kier alpha value is -4.25. The number of rotatable bonds is 9. The normalized spacial score (nSPS) is 11.5. The summed E-state index contributed by atoms with van der Waals surface area (Å²) in [4.78, 5) is 28.5. The van der Waals surface area contributed by atoms with Gasteiger partial charge in [0.15, 0.2) is 17.7 Å². The van der Waals surface area contributed by atoms with Gasteiger partial charge in [0.1, 0.15) is 5.75 Å². The van der Waals surface area contributed by atoms with Crippen LogP contribution in [0.1, 0.15) is 18.9 Å². The van der Waals surface area contributed by atoms with Crippen LogP contribution in [0.15, 0.2) is 48.5 Å². The molecule has 190 valence electrons. The number of carboxylic acid groups (broad SMARTS) is 1. The molecule has 0 saturated carbocycles. The summed E-state index contributed by atoms with van der Waals surface area (Å²) < 4.78 is 39.5. The fourth-order valence-corrected chi connectivity index (χ4v) is 3.15. The van der Waals surface area contributed by atoms with E-state index in [9.17, 15) is 23.5 Å². The van der Waals surface area contributed by atoms with Crippen LogP contribution in [0.2, 0.25) is 0 Å². The molecule has 3 rings (SSSR count). The lowest BCUT2D eigenvalue weighted by molar-refractivity contribution is -0.145. The number of carbonyl (C=O) groups excluding carboxylic acids is 1. The minimum Gasteiger partial charge on any atom is -0.479 e. The molecular weight excluding hydrogens is 474 g/mol. The van der Waals surface area contributed by atoms with Gasteiger partial charge < -0.3 is 30.5 Å². The maximum absolute atomic E-state index is 14.5. The number of hydrogen-bond acceptors (Lipinski definition) is 6.